The van der Waals surface area contributed by atoms with Gasteiger partial charge in [0.05, 0.1) is 21.7 Å². The van der Waals surface area contributed by atoms with E-state index in [0.717, 1.165) is 28.8 Å². The van der Waals surface area contributed by atoms with Crippen LogP contribution in [-0.2, 0) is 0 Å². The van der Waals surface area contributed by atoms with Crippen LogP contribution in [0.1, 0.15) is 45.4 Å². The Labute approximate surface area is 156 Å². The summed E-state index contributed by atoms with van der Waals surface area (Å²) in [5.74, 6) is -0.333. The summed E-state index contributed by atoms with van der Waals surface area (Å²) in [5, 5.41) is 14.1. The number of halogens is 2. The SMILES string of the molecule is Cc1c(C(=O)O)ccc2c1N[C@H](c1cccc(Cl)c1Cl)[C@@H]1CC=C[C@@H]21. The molecule has 2 aromatic carbocycles. The fraction of sp³-hybridized carbons (Fsp3) is 0.250. The van der Waals surface area contributed by atoms with E-state index in [1.54, 1.807) is 12.1 Å². The minimum Gasteiger partial charge on any atom is -0.478 e. The van der Waals surface area contributed by atoms with Crippen LogP contribution in [0, 0.1) is 12.8 Å². The molecule has 2 aliphatic rings. The predicted molar refractivity (Wildman–Crippen MR) is 101 cm³/mol. The van der Waals surface area contributed by atoms with Crippen molar-refractivity contribution >= 4 is 34.9 Å². The molecule has 0 spiro atoms. The highest BCUT2D eigenvalue weighted by molar-refractivity contribution is 6.42. The number of fused-ring (bicyclic) bond motifs is 3. The van der Waals surface area contributed by atoms with Gasteiger partial charge in [0, 0.05) is 11.6 Å². The molecule has 1 heterocycles. The largest absolute Gasteiger partial charge is 0.478 e. The lowest BCUT2D eigenvalue weighted by atomic mass is 9.76. The van der Waals surface area contributed by atoms with Crippen LogP contribution < -0.4 is 5.32 Å². The summed E-state index contributed by atoms with van der Waals surface area (Å²) in [7, 11) is 0. The molecule has 25 heavy (non-hydrogen) atoms. The first-order valence-corrected chi connectivity index (χ1v) is 8.98. The van der Waals surface area contributed by atoms with Crippen LogP contribution in [-0.4, -0.2) is 11.1 Å². The number of benzene rings is 2. The lowest BCUT2D eigenvalue weighted by Gasteiger charge is -2.39. The molecule has 2 aromatic rings. The molecule has 5 heteroatoms. The second-order valence-corrected chi connectivity index (χ2v) is 7.41. The Morgan fingerprint density at radius 2 is 2.00 bits per heavy atom. The topological polar surface area (TPSA) is 49.3 Å². The number of hydrogen-bond acceptors (Lipinski definition) is 2. The molecule has 1 aliphatic heterocycles. The average molecular weight is 374 g/mol. The van der Waals surface area contributed by atoms with Gasteiger partial charge in [-0.2, -0.15) is 0 Å². The number of rotatable bonds is 2. The maximum absolute atomic E-state index is 11.5. The highest BCUT2D eigenvalue weighted by Crippen LogP contribution is 2.52. The Hall–Kier alpha value is -1.97. The maximum atomic E-state index is 11.5. The molecule has 0 saturated carbocycles. The smallest absolute Gasteiger partial charge is 0.336 e. The van der Waals surface area contributed by atoms with Gasteiger partial charge in [0.1, 0.15) is 0 Å². The van der Waals surface area contributed by atoms with Crippen molar-refractivity contribution in [3.63, 3.8) is 0 Å². The van der Waals surface area contributed by atoms with Crippen molar-refractivity contribution in [3.05, 3.63) is 74.8 Å². The first kappa shape index (κ1) is 16.5. The predicted octanol–water partition coefficient (Wildman–Crippen LogP) is 5.83. The molecule has 0 unspecified atom stereocenters. The van der Waals surface area contributed by atoms with Gasteiger partial charge in [0.2, 0.25) is 0 Å². The molecule has 0 aromatic heterocycles. The highest BCUT2D eigenvalue weighted by atomic mass is 35.5. The second kappa shape index (κ2) is 6.08. The fourth-order valence-corrected chi connectivity index (χ4v) is 4.54. The molecule has 0 bridgehead atoms. The van der Waals surface area contributed by atoms with E-state index < -0.39 is 5.97 Å². The summed E-state index contributed by atoms with van der Waals surface area (Å²) in [6.45, 7) is 1.85. The minimum absolute atomic E-state index is 0.0126. The Kier molecular flexibility index (Phi) is 4.01. The van der Waals surface area contributed by atoms with Crippen molar-refractivity contribution in [3.8, 4) is 0 Å². The molecule has 0 amide bonds. The van der Waals surface area contributed by atoms with Crippen LogP contribution in [0.25, 0.3) is 0 Å². The van der Waals surface area contributed by atoms with Gasteiger partial charge in [-0.15, -0.1) is 0 Å². The van der Waals surface area contributed by atoms with Crippen molar-refractivity contribution in [1.82, 2.24) is 0 Å². The van der Waals surface area contributed by atoms with Crippen molar-refractivity contribution in [1.29, 1.82) is 0 Å². The summed E-state index contributed by atoms with van der Waals surface area (Å²) < 4.78 is 0. The van der Waals surface area contributed by atoms with E-state index in [2.05, 4.69) is 17.5 Å². The lowest BCUT2D eigenvalue weighted by molar-refractivity contribution is 0.0696. The summed E-state index contributed by atoms with van der Waals surface area (Å²) in [5.41, 5.74) is 4.08. The van der Waals surface area contributed by atoms with Crippen LogP contribution >= 0.6 is 23.2 Å². The lowest BCUT2D eigenvalue weighted by Crippen LogP contribution is -2.30. The monoisotopic (exact) mass is 373 g/mol. The quantitative estimate of drug-likeness (QED) is 0.651. The number of carboxylic acid groups (broad SMARTS) is 1. The van der Waals surface area contributed by atoms with Gasteiger partial charge in [-0.1, -0.05) is 53.6 Å². The Balaban J connectivity index is 1.87. The minimum atomic E-state index is -0.913. The number of anilines is 1. The fourth-order valence-electron chi connectivity index (χ4n) is 4.11. The van der Waals surface area contributed by atoms with Crippen LogP contribution in [0.3, 0.4) is 0 Å². The highest BCUT2D eigenvalue weighted by Gasteiger charge is 2.39. The van der Waals surface area contributed by atoms with Gasteiger partial charge >= 0.3 is 5.97 Å². The third-order valence-corrected chi connectivity index (χ3v) is 6.18. The number of nitrogens with one attached hydrogen (secondary N) is 1. The van der Waals surface area contributed by atoms with Crippen molar-refractivity contribution < 1.29 is 9.90 Å². The first-order chi connectivity index (χ1) is 12.0. The van der Waals surface area contributed by atoms with Crippen LogP contribution in [0.5, 0.6) is 0 Å². The number of hydrogen-bond donors (Lipinski definition) is 2. The van der Waals surface area contributed by atoms with E-state index in [1.807, 2.05) is 25.1 Å². The first-order valence-electron chi connectivity index (χ1n) is 8.23. The van der Waals surface area contributed by atoms with Crippen LogP contribution in [0.4, 0.5) is 5.69 Å². The van der Waals surface area contributed by atoms with E-state index in [0.29, 0.717) is 21.5 Å². The van der Waals surface area contributed by atoms with E-state index in [1.165, 1.54) is 0 Å². The van der Waals surface area contributed by atoms with Crippen molar-refractivity contribution in [2.45, 2.75) is 25.3 Å². The van der Waals surface area contributed by atoms with Crippen molar-refractivity contribution in [2.75, 3.05) is 5.32 Å². The Morgan fingerprint density at radius 1 is 1.20 bits per heavy atom. The molecule has 0 fully saturated rings. The number of allylic oxidation sites excluding steroid dienone is 2. The van der Waals surface area contributed by atoms with E-state index in [9.17, 15) is 9.90 Å². The molecule has 1 aliphatic carbocycles. The molecule has 3 nitrogen and oxygen atoms in total. The van der Waals surface area contributed by atoms with Crippen molar-refractivity contribution in [2.24, 2.45) is 5.92 Å². The van der Waals surface area contributed by atoms with Gasteiger partial charge in [-0.25, -0.2) is 4.79 Å². The van der Waals surface area contributed by atoms with E-state index in [-0.39, 0.29) is 12.0 Å². The Bertz CT molecular complexity index is 907. The Morgan fingerprint density at radius 3 is 2.76 bits per heavy atom. The number of aromatic carboxylic acids is 1. The summed E-state index contributed by atoms with van der Waals surface area (Å²) in [6, 6.07) is 9.29. The molecule has 0 radical (unpaired) electrons. The molecule has 128 valence electrons. The van der Waals surface area contributed by atoms with E-state index in [4.69, 9.17) is 23.2 Å². The van der Waals surface area contributed by atoms with Gasteiger partial charge < -0.3 is 10.4 Å². The zero-order chi connectivity index (χ0) is 17.7. The molecule has 3 atom stereocenters. The van der Waals surface area contributed by atoms with E-state index >= 15 is 0 Å². The summed E-state index contributed by atoms with van der Waals surface area (Å²) in [6.07, 6.45) is 5.36. The van der Waals surface area contributed by atoms with Gasteiger partial charge in [-0.05, 0) is 48.1 Å². The molecule has 4 rings (SSSR count). The molecule has 0 saturated heterocycles. The summed E-state index contributed by atoms with van der Waals surface area (Å²) in [4.78, 5) is 11.5. The van der Waals surface area contributed by atoms with Gasteiger partial charge in [-0.3, -0.25) is 0 Å². The number of carboxylic acids is 1. The third-order valence-electron chi connectivity index (χ3n) is 5.34. The maximum Gasteiger partial charge on any atom is 0.336 e. The third kappa shape index (κ3) is 2.54. The zero-order valence-electron chi connectivity index (χ0n) is 13.6. The van der Waals surface area contributed by atoms with Gasteiger partial charge in [0.15, 0.2) is 0 Å². The van der Waals surface area contributed by atoms with Crippen LogP contribution in [0.2, 0.25) is 10.0 Å². The zero-order valence-corrected chi connectivity index (χ0v) is 15.1. The standard InChI is InChI=1S/C20H17Cl2NO2/c1-10-11(20(24)25)8-9-14-12-4-2-5-13(12)19(23-18(10)14)15-6-3-7-16(21)17(15)22/h2-4,6-9,12-13,19,23H,5H2,1H3,(H,24,25)/t12-,13-,19+/m1/s1. The average Bonchev–Trinajstić information content (AvgIpc) is 3.07. The molecular weight excluding hydrogens is 357 g/mol. The van der Waals surface area contributed by atoms with Crippen LogP contribution in [0.15, 0.2) is 42.5 Å². The molecule has 2 N–H and O–H groups in total. The normalized spacial score (nSPS) is 23.7. The second-order valence-electron chi connectivity index (χ2n) is 6.63. The summed E-state index contributed by atoms with van der Waals surface area (Å²) >= 11 is 12.7. The number of carbonyl (C=O) groups is 1. The molecular formula is C20H17Cl2NO2. The van der Waals surface area contributed by atoms with Gasteiger partial charge in [0.25, 0.3) is 0 Å².